The highest BCUT2D eigenvalue weighted by atomic mass is 32.2. The predicted molar refractivity (Wildman–Crippen MR) is 85.0 cm³/mol. The SMILES string of the molecule is CCc1ccc(S(=O)(=O)NNC(=O)Cn2ccccc2=O)cc1. The van der Waals surface area contributed by atoms with Gasteiger partial charge in [-0.25, -0.2) is 8.42 Å². The van der Waals surface area contributed by atoms with Crippen LogP contribution in [0.4, 0.5) is 0 Å². The Kier molecular flexibility index (Phi) is 5.30. The molecule has 1 aromatic heterocycles. The summed E-state index contributed by atoms with van der Waals surface area (Å²) < 4.78 is 25.3. The number of sulfonamides is 1. The van der Waals surface area contributed by atoms with Crippen molar-refractivity contribution in [3.05, 3.63) is 64.6 Å². The molecule has 0 saturated heterocycles. The first-order valence-electron chi connectivity index (χ1n) is 6.97. The molecule has 23 heavy (non-hydrogen) atoms. The number of nitrogens with one attached hydrogen (secondary N) is 2. The Balaban J connectivity index is 1.99. The molecule has 1 aromatic carbocycles. The fourth-order valence-electron chi connectivity index (χ4n) is 1.87. The summed E-state index contributed by atoms with van der Waals surface area (Å²) in [4.78, 5) is 25.3. The quantitative estimate of drug-likeness (QED) is 0.748. The molecule has 0 unspecified atom stereocenters. The van der Waals surface area contributed by atoms with Gasteiger partial charge in [0.05, 0.1) is 4.90 Å². The third-order valence-electron chi connectivity index (χ3n) is 3.18. The Hall–Kier alpha value is -2.45. The molecular formula is C15H17N3O4S. The maximum Gasteiger partial charge on any atom is 0.257 e. The van der Waals surface area contributed by atoms with Crippen molar-refractivity contribution < 1.29 is 13.2 Å². The van der Waals surface area contributed by atoms with Crippen molar-refractivity contribution in [1.82, 2.24) is 14.8 Å². The van der Waals surface area contributed by atoms with Crippen molar-refractivity contribution in [1.29, 1.82) is 0 Å². The van der Waals surface area contributed by atoms with Gasteiger partial charge in [0, 0.05) is 12.3 Å². The second-order valence-electron chi connectivity index (χ2n) is 4.82. The number of amides is 1. The Morgan fingerprint density at radius 3 is 2.43 bits per heavy atom. The zero-order valence-electron chi connectivity index (χ0n) is 12.5. The number of nitrogens with zero attached hydrogens (tertiary/aromatic N) is 1. The molecule has 1 heterocycles. The van der Waals surface area contributed by atoms with Gasteiger partial charge in [0.25, 0.3) is 21.5 Å². The number of aryl methyl sites for hydroxylation is 1. The van der Waals surface area contributed by atoms with Gasteiger partial charge in [-0.1, -0.05) is 25.1 Å². The molecule has 2 N–H and O–H groups in total. The molecule has 122 valence electrons. The summed E-state index contributed by atoms with van der Waals surface area (Å²) >= 11 is 0. The molecule has 2 rings (SSSR count). The average Bonchev–Trinajstić information content (AvgIpc) is 2.55. The molecule has 0 bridgehead atoms. The molecule has 2 aromatic rings. The van der Waals surface area contributed by atoms with Gasteiger partial charge in [-0.2, -0.15) is 0 Å². The van der Waals surface area contributed by atoms with E-state index in [0.717, 1.165) is 12.0 Å². The number of carbonyl (C=O) groups is 1. The number of carbonyl (C=O) groups excluding carboxylic acids is 1. The Labute approximate surface area is 134 Å². The summed E-state index contributed by atoms with van der Waals surface area (Å²) in [6.45, 7) is 1.68. The second-order valence-corrected chi connectivity index (χ2v) is 6.50. The lowest BCUT2D eigenvalue weighted by atomic mass is 10.2. The highest BCUT2D eigenvalue weighted by molar-refractivity contribution is 7.89. The fraction of sp³-hybridized carbons (Fsp3) is 0.200. The van der Waals surface area contributed by atoms with Crippen molar-refractivity contribution in [2.24, 2.45) is 0 Å². The molecule has 0 radical (unpaired) electrons. The van der Waals surface area contributed by atoms with Crippen LogP contribution >= 0.6 is 0 Å². The summed E-state index contributed by atoms with van der Waals surface area (Å²) in [5.41, 5.74) is 2.75. The summed E-state index contributed by atoms with van der Waals surface area (Å²) in [7, 11) is -3.85. The van der Waals surface area contributed by atoms with Crippen molar-refractivity contribution in [2.45, 2.75) is 24.8 Å². The van der Waals surface area contributed by atoms with E-state index in [1.54, 1.807) is 24.3 Å². The van der Waals surface area contributed by atoms with Crippen LogP contribution in [0.25, 0.3) is 0 Å². The van der Waals surface area contributed by atoms with Crippen LogP contribution in [0.1, 0.15) is 12.5 Å². The minimum absolute atomic E-state index is 0.0480. The number of pyridine rings is 1. The van der Waals surface area contributed by atoms with Crippen LogP contribution in [0.15, 0.2) is 58.4 Å². The van der Waals surface area contributed by atoms with E-state index < -0.39 is 15.9 Å². The first-order valence-corrected chi connectivity index (χ1v) is 8.46. The van der Waals surface area contributed by atoms with E-state index in [1.165, 1.54) is 29.0 Å². The van der Waals surface area contributed by atoms with Gasteiger partial charge in [-0.05, 0) is 30.2 Å². The minimum atomic E-state index is -3.85. The smallest absolute Gasteiger partial charge is 0.257 e. The zero-order chi connectivity index (χ0) is 16.9. The molecule has 1 amide bonds. The largest absolute Gasteiger partial charge is 0.306 e. The minimum Gasteiger partial charge on any atom is -0.306 e. The van der Waals surface area contributed by atoms with E-state index in [4.69, 9.17) is 0 Å². The van der Waals surface area contributed by atoms with Crippen molar-refractivity contribution in [3.63, 3.8) is 0 Å². The number of aromatic nitrogens is 1. The van der Waals surface area contributed by atoms with Gasteiger partial charge in [0.1, 0.15) is 6.54 Å². The van der Waals surface area contributed by atoms with Gasteiger partial charge in [0.2, 0.25) is 0 Å². The molecule has 0 atom stereocenters. The van der Waals surface area contributed by atoms with Crippen LogP contribution in [-0.2, 0) is 27.8 Å². The number of hydrogen-bond acceptors (Lipinski definition) is 4. The molecule has 0 aliphatic heterocycles. The first kappa shape index (κ1) is 16.9. The molecule has 0 aliphatic rings. The van der Waals surface area contributed by atoms with Crippen molar-refractivity contribution >= 4 is 15.9 Å². The number of hydrogen-bond donors (Lipinski definition) is 2. The van der Waals surface area contributed by atoms with Gasteiger partial charge in [0.15, 0.2) is 0 Å². The van der Waals surface area contributed by atoms with Crippen LogP contribution in [0.3, 0.4) is 0 Å². The van der Waals surface area contributed by atoms with Crippen molar-refractivity contribution in [2.75, 3.05) is 0 Å². The average molecular weight is 335 g/mol. The third kappa shape index (κ3) is 4.51. The topological polar surface area (TPSA) is 97.3 Å². The van der Waals surface area contributed by atoms with Crippen LogP contribution < -0.4 is 15.8 Å². The van der Waals surface area contributed by atoms with Crippen LogP contribution in [0.5, 0.6) is 0 Å². The van der Waals surface area contributed by atoms with E-state index >= 15 is 0 Å². The molecule has 0 fully saturated rings. The Bertz CT molecular complexity index is 842. The predicted octanol–water partition coefficient (Wildman–Crippen LogP) is 0.420. The van der Waals surface area contributed by atoms with Gasteiger partial charge >= 0.3 is 0 Å². The maximum absolute atomic E-state index is 12.1. The van der Waals surface area contributed by atoms with Crippen LogP contribution in [-0.4, -0.2) is 18.9 Å². The molecule has 0 saturated carbocycles. The normalized spacial score (nSPS) is 11.2. The molecule has 7 nitrogen and oxygen atoms in total. The highest BCUT2D eigenvalue weighted by Gasteiger charge is 2.15. The van der Waals surface area contributed by atoms with Crippen LogP contribution in [0.2, 0.25) is 0 Å². The van der Waals surface area contributed by atoms with Gasteiger partial charge in [-0.15, -0.1) is 4.83 Å². The number of hydrazine groups is 1. The lowest BCUT2D eigenvalue weighted by Gasteiger charge is -2.09. The number of benzene rings is 1. The van der Waals surface area contributed by atoms with E-state index in [0.29, 0.717) is 0 Å². The third-order valence-corrected chi connectivity index (χ3v) is 4.44. The summed E-state index contributed by atoms with van der Waals surface area (Å²) in [5, 5.41) is 0. The molecular weight excluding hydrogens is 318 g/mol. The summed E-state index contributed by atoms with van der Waals surface area (Å²) in [5.74, 6) is -0.646. The lowest BCUT2D eigenvalue weighted by Crippen LogP contribution is -2.44. The lowest BCUT2D eigenvalue weighted by molar-refractivity contribution is -0.122. The summed E-state index contributed by atoms with van der Waals surface area (Å²) in [6, 6.07) is 10.8. The Morgan fingerprint density at radius 1 is 1.13 bits per heavy atom. The maximum atomic E-state index is 12.1. The van der Waals surface area contributed by atoms with E-state index in [1.807, 2.05) is 11.8 Å². The second kappa shape index (κ2) is 7.21. The van der Waals surface area contributed by atoms with Crippen molar-refractivity contribution in [3.8, 4) is 0 Å². The first-order chi connectivity index (χ1) is 10.9. The Morgan fingerprint density at radius 2 is 1.83 bits per heavy atom. The van der Waals surface area contributed by atoms with E-state index in [-0.39, 0.29) is 17.0 Å². The highest BCUT2D eigenvalue weighted by Crippen LogP contribution is 2.10. The van der Waals surface area contributed by atoms with E-state index in [2.05, 4.69) is 5.43 Å². The van der Waals surface area contributed by atoms with Gasteiger partial charge < -0.3 is 4.57 Å². The summed E-state index contributed by atoms with van der Waals surface area (Å²) in [6.07, 6.45) is 2.25. The van der Waals surface area contributed by atoms with Crippen LogP contribution in [0, 0.1) is 0 Å². The monoisotopic (exact) mass is 335 g/mol. The number of rotatable bonds is 6. The van der Waals surface area contributed by atoms with E-state index in [9.17, 15) is 18.0 Å². The zero-order valence-corrected chi connectivity index (χ0v) is 13.3. The molecule has 8 heteroatoms. The molecule has 0 aliphatic carbocycles. The standard InChI is InChI=1S/C15H17N3O4S/c1-2-12-6-8-13(9-7-12)23(21,22)17-16-14(19)11-18-10-4-3-5-15(18)20/h3-10,17H,2,11H2,1H3,(H,16,19). The molecule has 0 spiro atoms. The fourth-order valence-corrected chi connectivity index (χ4v) is 2.73. The van der Waals surface area contributed by atoms with Gasteiger partial charge in [-0.3, -0.25) is 15.0 Å².